The Balaban J connectivity index is 2.18. The summed E-state index contributed by atoms with van der Waals surface area (Å²) in [5, 5.41) is 9.52. The normalized spacial score (nSPS) is 10.3. The van der Waals surface area contributed by atoms with Crippen molar-refractivity contribution in [1.82, 2.24) is 9.88 Å². The van der Waals surface area contributed by atoms with Crippen LogP contribution in [0.2, 0.25) is 0 Å². The average molecular weight is 270 g/mol. The van der Waals surface area contributed by atoms with Crippen LogP contribution in [0.15, 0.2) is 42.7 Å². The van der Waals surface area contributed by atoms with Crippen molar-refractivity contribution >= 4 is 5.91 Å². The third kappa shape index (κ3) is 3.15. The second kappa shape index (κ2) is 6.19. The van der Waals surface area contributed by atoms with E-state index < -0.39 is 0 Å². The molecule has 4 nitrogen and oxygen atoms in total. The SMILES string of the molecule is CCN(Cc1ccncc1)C(=O)c1ccc(O)c(C)c1. The third-order valence-electron chi connectivity index (χ3n) is 3.24. The minimum Gasteiger partial charge on any atom is -0.508 e. The highest BCUT2D eigenvalue weighted by molar-refractivity contribution is 5.94. The molecular formula is C16H18N2O2. The van der Waals surface area contributed by atoms with Crippen LogP contribution in [0.25, 0.3) is 0 Å². The number of aryl methyl sites for hydroxylation is 1. The predicted molar refractivity (Wildman–Crippen MR) is 77.5 cm³/mol. The first-order valence-electron chi connectivity index (χ1n) is 6.59. The van der Waals surface area contributed by atoms with Crippen LogP contribution in [0.5, 0.6) is 5.75 Å². The fraction of sp³-hybridized carbons (Fsp3) is 0.250. The van der Waals surface area contributed by atoms with E-state index in [0.29, 0.717) is 24.2 Å². The molecule has 0 radical (unpaired) electrons. The number of benzene rings is 1. The van der Waals surface area contributed by atoms with Crippen molar-refractivity contribution in [1.29, 1.82) is 0 Å². The topological polar surface area (TPSA) is 53.4 Å². The van der Waals surface area contributed by atoms with E-state index in [2.05, 4.69) is 4.98 Å². The molecule has 0 fully saturated rings. The predicted octanol–water partition coefficient (Wildman–Crippen LogP) is 2.76. The molecule has 1 N–H and O–H groups in total. The first-order valence-corrected chi connectivity index (χ1v) is 6.59. The number of nitrogens with zero attached hydrogens (tertiary/aromatic N) is 2. The van der Waals surface area contributed by atoms with Crippen molar-refractivity contribution in [3.8, 4) is 5.75 Å². The van der Waals surface area contributed by atoms with Crippen molar-refractivity contribution in [2.75, 3.05) is 6.54 Å². The summed E-state index contributed by atoms with van der Waals surface area (Å²) < 4.78 is 0. The molecule has 0 saturated carbocycles. The molecule has 1 aromatic carbocycles. The van der Waals surface area contributed by atoms with Gasteiger partial charge < -0.3 is 10.0 Å². The Morgan fingerprint density at radius 1 is 1.25 bits per heavy atom. The first kappa shape index (κ1) is 14.1. The Labute approximate surface area is 118 Å². The number of hydrogen-bond acceptors (Lipinski definition) is 3. The standard InChI is InChI=1S/C16H18N2O2/c1-3-18(11-13-6-8-17-9-7-13)16(20)14-4-5-15(19)12(2)10-14/h4-10,19H,3,11H2,1-2H3. The van der Waals surface area contributed by atoms with Gasteiger partial charge in [-0.25, -0.2) is 0 Å². The van der Waals surface area contributed by atoms with E-state index in [4.69, 9.17) is 0 Å². The zero-order valence-electron chi connectivity index (χ0n) is 11.7. The first-order chi connectivity index (χ1) is 9.61. The van der Waals surface area contributed by atoms with Gasteiger partial charge in [-0.15, -0.1) is 0 Å². The number of carbonyl (C=O) groups excluding carboxylic acids is 1. The van der Waals surface area contributed by atoms with E-state index in [1.807, 2.05) is 19.1 Å². The summed E-state index contributed by atoms with van der Waals surface area (Å²) in [7, 11) is 0. The van der Waals surface area contributed by atoms with Gasteiger partial charge in [0.25, 0.3) is 5.91 Å². The molecule has 1 amide bonds. The number of carbonyl (C=O) groups is 1. The van der Waals surface area contributed by atoms with Gasteiger partial charge in [0, 0.05) is 31.0 Å². The van der Waals surface area contributed by atoms with Crippen LogP contribution >= 0.6 is 0 Å². The highest BCUT2D eigenvalue weighted by Gasteiger charge is 2.15. The molecule has 0 spiro atoms. The van der Waals surface area contributed by atoms with Crippen molar-refractivity contribution in [3.63, 3.8) is 0 Å². The molecule has 1 heterocycles. The summed E-state index contributed by atoms with van der Waals surface area (Å²) >= 11 is 0. The van der Waals surface area contributed by atoms with Crippen LogP contribution in [0.3, 0.4) is 0 Å². The summed E-state index contributed by atoms with van der Waals surface area (Å²) in [6, 6.07) is 8.73. The van der Waals surface area contributed by atoms with E-state index in [1.54, 1.807) is 42.4 Å². The zero-order chi connectivity index (χ0) is 14.5. The lowest BCUT2D eigenvalue weighted by Crippen LogP contribution is -2.30. The van der Waals surface area contributed by atoms with Crippen LogP contribution < -0.4 is 0 Å². The van der Waals surface area contributed by atoms with Crippen LogP contribution in [-0.2, 0) is 6.54 Å². The molecule has 0 aliphatic rings. The largest absolute Gasteiger partial charge is 0.508 e. The highest BCUT2D eigenvalue weighted by atomic mass is 16.3. The summed E-state index contributed by atoms with van der Waals surface area (Å²) in [6.45, 7) is 4.91. The molecule has 0 aliphatic carbocycles. The van der Waals surface area contributed by atoms with Crippen LogP contribution in [0.4, 0.5) is 0 Å². The Hall–Kier alpha value is -2.36. The minimum absolute atomic E-state index is 0.0348. The molecule has 104 valence electrons. The number of amides is 1. The van der Waals surface area contributed by atoms with E-state index in [-0.39, 0.29) is 11.7 Å². The number of aromatic nitrogens is 1. The molecule has 0 bridgehead atoms. The summed E-state index contributed by atoms with van der Waals surface area (Å²) in [5.41, 5.74) is 2.35. The average Bonchev–Trinajstić information content (AvgIpc) is 2.48. The second-order valence-electron chi connectivity index (χ2n) is 4.68. The molecule has 0 saturated heterocycles. The summed E-state index contributed by atoms with van der Waals surface area (Å²) in [5.74, 6) is 0.172. The third-order valence-corrected chi connectivity index (χ3v) is 3.24. The maximum Gasteiger partial charge on any atom is 0.254 e. The molecule has 4 heteroatoms. The molecule has 2 aromatic rings. The number of pyridine rings is 1. The lowest BCUT2D eigenvalue weighted by atomic mass is 10.1. The molecule has 0 aliphatic heterocycles. The van der Waals surface area contributed by atoms with Gasteiger partial charge in [-0.3, -0.25) is 9.78 Å². The lowest BCUT2D eigenvalue weighted by Gasteiger charge is -2.21. The molecule has 0 atom stereocenters. The Bertz CT molecular complexity index is 597. The van der Waals surface area contributed by atoms with Crippen molar-refractivity contribution < 1.29 is 9.90 Å². The van der Waals surface area contributed by atoms with Crippen molar-refractivity contribution in [2.45, 2.75) is 20.4 Å². The van der Waals surface area contributed by atoms with E-state index >= 15 is 0 Å². The maximum atomic E-state index is 12.5. The Morgan fingerprint density at radius 2 is 1.95 bits per heavy atom. The lowest BCUT2D eigenvalue weighted by molar-refractivity contribution is 0.0752. The number of hydrogen-bond donors (Lipinski definition) is 1. The molecular weight excluding hydrogens is 252 g/mol. The second-order valence-corrected chi connectivity index (χ2v) is 4.68. The van der Waals surface area contributed by atoms with Gasteiger partial charge >= 0.3 is 0 Å². The van der Waals surface area contributed by atoms with E-state index in [9.17, 15) is 9.90 Å². The minimum atomic E-state index is -0.0348. The highest BCUT2D eigenvalue weighted by Crippen LogP contribution is 2.18. The number of phenolic OH excluding ortho intramolecular Hbond substituents is 1. The van der Waals surface area contributed by atoms with Gasteiger partial charge in [-0.1, -0.05) is 0 Å². The number of phenols is 1. The molecule has 0 unspecified atom stereocenters. The van der Waals surface area contributed by atoms with E-state index in [0.717, 1.165) is 5.56 Å². The summed E-state index contributed by atoms with van der Waals surface area (Å²) in [6.07, 6.45) is 3.44. The number of aromatic hydroxyl groups is 1. The monoisotopic (exact) mass is 270 g/mol. The van der Waals surface area contributed by atoms with Crippen molar-refractivity contribution in [2.24, 2.45) is 0 Å². The maximum absolute atomic E-state index is 12.5. The van der Waals surface area contributed by atoms with Gasteiger partial charge in [0.1, 0.15) is 5.75 Å². The van der Waals surface area contributed by atoms with Gasteiger partial charge in [-0.05, 0) is 55.3 Å². The van der Waals surface area contributed by atoms with E-state index in [1.165, 1.54) is 0 Å². The molecule has 2 rings (SSSR count). The summed E-state index contributed by atoms with van der Waals surface area (Å²) in [4.78, 5) is 18.2. The van der Waals surface area contributed by atoms with Crippen LogP contribution in [0.1, 0.15) is 28.4 Å². The van der Waals surface area contributed by atoms with Gasteiger partial charge in [0.15, 0.2) is 0 Å². The quantitative estimate of drug-likeness (QED) is 0.929. The molecule has 20 heavy (non-hydrogen) atoms. The van der Waals surface area contributed by atoms with Gasteiger partial charge in [0.05, 0.1) is 0 Å². The van der Waals surface area contributed by atoms with Crippen LogP contribution in [-0.4, -0.2) is 27.4 Å². The fourth-order valence-corrected chi connectivity index (χ4v) is 2.01. The van der Waals surface area contributed by atoms with Gasteiger partial charge in [0.2, 0.25) is 0 Å². The zero-order valence-corrected chi connectivity index (χ0v) is 11.7. The smallest absolute Gasteiger partial charge is 0.254 e. The Kier molecular flexibility index (Phi) is 4.35. The fourth-order valence-electron chi connectivity index (χ4n) is 2.01. The number of rotatable bonds is 4. The van der Waals surface area contributed by atoms with Crippen LogP contribution in [0, 0.1) is 6.92 Å². The Morgan fingerprint density at radius 3 is 2.55 bits per heavy atom. The molecule has 1 aromatic heterocycles. The van der Waals surface area contributed by atoms with Crippen molar-refractivity contribution in [3.05, 3.63) is 59.4 Å². The van der Waals surface area contributed by atoms with Gasteiger partial charge in [-0.2, -0.15) is 0 Å².